The van der Waals surface area contributed by atoms with Crippen molar-refractivity contribution < 1.29 is 21.6 Å². The van der Waals surface area contributed by atoms with Gasteiger partial charge in [0.15, 0.2) is 0 Å². The van der Waals surface area contributed by atoms with Crippen molar-refractivity contribution in [3.8, 4) is 0 Å². The Hall–Kier alpha value is -1.93. The van der Waals surface area contributed by atoms with Gasteiger partial charge < -0.3 is 0 Å². The van der Waals surface area contributed by atoms with Gasteiger partial charge in [0.25, 0.3) is 0 Å². The summed E-state index contributed by atoms with van der Waals surface area (Å²) >= 11 is 0. The second-order valence-corrected chi connectivity index (χ2v) is 7.01. The molecule has 23 heavy (non-hydrogen) atoms. The van der Waals surface area contributed by atoms with Crippen LogP contribution in [0.5, 0.6) is 0 Å². The van der Waals surface area contributed by atoms with E-state index in [0.29, 0.717) is 5.56 Å². The average Bonchev–Trinajstić information content (AvgIpc) is 2.46. The number of aromatic nitrogens is 1. The molecule has 0 spiro atoms. The first-order valence-corrected chi connectivity index (χ1v) is 8.53. The molecule has 0 aliphatic heterocycles. The quantitative estimate of drug-likeness (QED) is 0.838. The Bertz CT molecular complexity index is 762. The maximum atomic E-state index is 13.0. The Morgan fingerprint density at radius 2 is 1.70 bits per heavy atom. The van der Waals surface area contributed by atoms with Crippen LogP contribution >= 0.6 is 0 Å². The Morgan fingerprint density at radius 3 is 2.26 bits per heavy atom. The van der Waals surface area contributed by atoms with Crippen LogP contribution in [0.1, 0.15) is 16.8 Å². The first kappa shape index (κ1) is 17.4. The Labute approximate surface area is 132 Å². The fraction of sp³-hybridized carbons (Fsp3) is 0.267. The summed E-state index contributed by atoms with van der Waals surface area (Å²) < 4.78 is 63.8. The molecule has 0 saturated carbocycles. The molecule has 0 unspecified atom stereocenters. The number of rotatable bonds is 5. The Morgan fingerprint density at radius 1 is 1.04 bits per heavy atom. The fourth-order valence-corrected chi connectivity index (χ4v) is 2.85. The lowest BCUT2D eigenvalue weighted by Gasteiger charge is -2.21. The van der Waals surface area contributed by atoms with Gasteiger partial charge in [0.05, 0.1) is 6.26 Å². The summed E-state index contributed by atoms with van der Waals surface area (Å²) in [7, 11) is -3.69. The molecule has 0 amide bonds. The molecule has 124 valence electrons. The number of alkyl halides is 3. The molecule has 0 bridgehead atoms. The molecule has 2 rings (SSSR count). The second kappa shape index (κ2) is 6.67. The molecule has 1 aromatic carbocycles. The molecule has 0 saturated heterocycles. The third-order valence-electron chi connectivity index (χ3n) is 3.18. The summed E-state index contributed by atoms with van der Waals surface area (Å²) in [5.74, 6) is 0. The fourth-order valence-electron chi connectivity index (χ4n) is 2.09. The van der Waals surface area contributed by atoms with Crippen molar-refractivity contribution in [1.29, 1.82) is 0 Å². The third kappa shape index (κ3) is 4.77. The lowest BCUT2D eigenvalue weighted by atomic mass is 10.1. The van der Waals surface area contributed by atoms with E-state index >= 15 is 0 Å². The van der Waals surface area contributed by atoms with E-state index in [1.165, 1.54) is 12.1 Å². The number of sulfonamides is 1. The predicted molar refractivity (Wildman–Crippen MR) is 79.8 cm³/mol. The van der Waals surface area contributed by atoms with Gasteiger partial charge in [-0.25, -0.2) is 8.42 Å². The minimum absolute atomic E-state index is 0.00807. The smallest absolute Gasteiger partial charge is 0.251 e. The van der Waals surface area contributed by atoms with Crippen molar-refractivity contribution in [3.63, 3.8) is 0 Å². The monoisotopic (exact) mass is 344 g/mol. The van der Waals surface area contributed by atoms with E-state index in [4.69, 9.17) is 0 Å². The normalized spacial score (nSPS) is 12.6. The van der Waals surface area contributed by atoms with E-state index in [0.717, 1.165) is 16.8 Å². The van der Waals surface area contributed by atoms with E-state index in [9.17, 15) is 21.6 Å². The van der Waals surface area contributed by atoms with E-state index in [1.54, 1.807) is 30.3 Å². The van der Waals surface area contributed by atoms with Gasteiger partial charge in [-0.2, -0.15) is 17.5 Å². The van der Waals surface area contributed by atoms with Gasteiger partial charge in [-0.15, -0.1) is 0 Å². The summed E-state index contributed by atoms with van der Waals surface area (Å²) in [5, 5.41) is 0. The molecule has 0 aliphatic rings. The molecular formula is C15H15F3N2O2S. The number of halogens is 3. The van der Waals surface area contributed by atoms with Crippen LogP contribution in [0.2, 0.25) is 0 Å². The van der Waals surface area contributed by atoms with Crippen LogP contribution in [-0.4, -0.2) is 24.0 Å². The van der Waals surface area contributed by atoms with E-state index in [1.807, 2.05) is 0 Å². The number of pyridine rings is 1. The zero-order valence-corrected chi connectivity index (χ0v) is 13.1. The highest BCUT2D eigenvalue weighted by Crippen LogP contribution is 2.31. The van der Waals surface area contributed by atoms with Gasteiger partial charge in [-0.1, -0.05) is 36.4 Å². The number of hydrogen-bond donors (Lipinski definition) is 0. The summed E-state index contributed by atoms with van der Waals surface area (Å²) in [6.07, 6.45) is -2.62. The van der Waals surface area contributed by atoms with Gasteiger partial charge in [-0.05, 0) is 17.2 Å². The van der Waals surface area contributed by atoms with Crippen molar-refractivity contribution in [3.05, 3.63) is 65.5 Å². The van der Waals surface area contributed by atoms with Crippen molar-refractivity contribution in [2.45, 2.75) is 19.3 Å². The summed E-state index contributed by atoms with van der Waals surface area (Å²) in [6, 6.07) is 11.3. The van der Waals surface area contributed by atoms with Crippen molar-refractivity contribution >= 4 is 10.0 Å². The molecule has 1 heterocycles. The van der Waals surface area contributed by atoms with Crippen LogP contribution in [0, 0.1) is 0 Å². The molecule has 8 heteroatoms. The lowest BCUT2D eigenvalue weighted by molar-refractivity contribution is -0.142. The van der Waals surface area contributed by atoms with Crippen LogP contribution in [-0.2, 0) is 29.3 Å². The van der Waals surface area contributed by atoms with Crippen LogP contribution < -0.4 is 0 Å². The number of benzene rings is 1. The average molecular weight is 344 g/mol. The van der Waals surface area contributed by atoms with Gasteiger partial charge in [0.2, 0.25) is 10.0 Å². The molecule has 1 aromatic heterocycles. The van der Waals surface area contributed by atoms with Crippen LogP contribution in [0.25, 0.3) is 0 Å². The molecule has 0 N–H and O–H groups in total. The van der Waals surface area contributed by atoms with Crippen LogP contribution in [0.15, 0.2) is 48.7 Å². The molecule has 0 radical (unpaired) electrons. The zero-order chi connectivity index (χ0) is 17.1. The molecule has 0 atom stereocenters. The first-order chi connectivity index (χ1) is 10.7. The number of nitrogens with zero attached hydrogens (tertiary/aromatic N) is 2. The standard InChI is InChI=1S/C15H15F3N2O2S/c1-23(21,22)20(10-12-6-3-2-4-7-12)11-13-8-5-9-19-14(13)15(16,17)18/h2-9H,10-11H2,1H3. The molecule has 2 aromatic rings. The summed E-state index contributed by atoms with van der Waals surface area (Å²) in [5.41, 5.74) is -0.557. The zero-order valence-electron chi connectivity index (χ0n) is 12.3. The highest BCUT2D eigenvalue weighted by atomic mass is 32.2. The van der Waals surface area contributed by atoms with Crippen LogP contribution in [0.4, 0.5) is 13.2 Å². The largest absolute Gasteiger partial charge is 0.433 e. The number of hydrogen-bond acceptors (Lipinski definition) is 3. The minimum Gasteiger partial charge on any atom is -0.251 e. The maximum Gasteiger partial charge on any atom is 0.433 e. The van der Waals surface area contributed by atoms with E-state index in [-0.39, 0.29) is 12.1 Å². The topological polar surface area (TPSA) is 50.3 Å². The van der Waals surface area contributed by atoms with Gasteiger partial charge in [0, 0.05) is 19.3 Å². The van der Waals surface area contributed by atoms with Crippen molar-refractivity contribution in [2.24, 2.45) is 0 Å². The Kier molecular flexibility index (Phi) is 5.06. The molecular weight excluding hydrogens is 329 g/mol. The van der Waals surface area contributed by atoms with Crippen molar-refractivity contribution in [1.82, 2.24) is 9.29 Å². The Balaban J connectivity index is 2.33. The maximum absolute atomic E-state index is 13.0. The van der Waals surface area contributed by atoms with Crippen LogP contribution in [0.3, 0.4) is 0 Å². The molecule has 0 fully saturated rings. The highest BCUT2D eigenvalue weighted by Gasteiger charge is 2.35. The van der Waals surface area contributed by atoms with Gasteiger partial charge >= 0.3 is 6.18 Å². The lowest BCUT2D eigenvalue weighted by Crippen LogP contribution is -2.30. The molecule has 0 aliphatic carbocycles. The predicted octanol–water partition coefficient (Wildman–Crippen LogP) is 3.06. The second-order valence-electron chi connectivity index (χ2n) is 5.03. The molecule has 4 nitrogen and oxygen atoms in total. The third-order valence-corrected chi connectivity index (χ3v) is 4.37. The minimum atomic E-state index is -4.63. The van der Waals surface area contributed by atoms with Crippen molar-refractivity contribution in [2.75, 3.05) is 6.26 Å². The first-order valence-electron chi connectivity index (χ1n) is 6.68. The highest BCUT2D eigenvalue weighted by molar-refractivity contribution is 7.88. The van der Waals surface area contributed by atoms with Gasteiger partial charge in [0.1, 0.15) is 5.69 Å². The van der Waals surface area contributed by atoms with E-state index < -0.39 is 28.4 Å². The summed E-state index contributed by atoms with van der Waals surface area (Å²) in [6.45, 7) is -0.401. The van der Waals surface area contributed by atoms with E-state index in [2.05, 4.69) is 4.98 Å². The SMILES string of the molecule is CS(=O)(=O)N(Cc1ccccc1)Cc1cccnc1C(F)(F)F. The van der Waals surface area contributed by atoms with Gasteiger partial charge in [-0.3, -0.25) is 4.98 Å². The summed E-state index contributed by atoms with van der Waals surface area (Å²) in [4.78, 5) is 3.35.